The molecule has 2 unspecified atom stereocenters. The normalized spacial score (nSPS) is 20.1. The fraction of sp³-hybridized carbons (Fsp3) is 0.538. The maximum absolute atomic E-state index is 12.5. The molecule has 9 nitrogen and oxygen atoms in total. The number of carboxylic acids is 2. The molecule has 1 aliphatic heterocycles. The number of carbonyl (C=O) groups is 4. The van der Waals surface area contributed by atoms with Crippen molar-refractivity contribution < 1.29 is 34.1 Å². The van der Waals surface area contributed by atoms with Crippen molar-refractivity contribution in [1.29, 1.82) is 0 Å². The Balaban J connectivity index is 2.15. The fourth-order valence-corrected chi connectivity index (χ4v) is 4.52. The Labute approximate surface area is 206 Å². The van der Waals surface area contributed by atoms with Crippen molar-refractivity contribution in [2.45, 2.75) is 64.3 Å². The molecule has 1 aromatic rings. The molecule has 1 aliphatic rings. The number of hydrogen-bond donors (Lipinski definition) is 3. The topological polar surface area (TPSA) is 133 Å². The summed E-state index contributed by atoms with van der Waals surface area (Å²) in [5.74, 6) is -4.52. The maximum Gasteiger partial charge on any atom is 0.332 e. The molecule has 1 heterocycles. The molecule has 9 heteroatoms. The van der Waals surface area contributed by atoms with E-state index in [1.807, 2.05) is 18.2 Å². The Morgan fingerprint density at radius 1 is 1.20 bits per heavy atom. The SMILES string of the molecule is CCC1(c2cccc(OC(=O)CC(=CC(=O)NC(C(=O)O)C(C)C)C(=O)O)c2)CCCCN(C)C1. The van der Waals surface area contributed by atoms with Crippen LogP contribution in [0.4, 0.5) is 0 Å². The number of nitrogens with one attached hydrogen (secondary N) is 1. The molecule has 2 rings (SSSR count). The van der Waals surface area contributed by atoms with E-state index in [0.717, 1.165) is 50.4 Å². The van der Waals surface area contributed by atoms with Gasteiger partial charge < -0.3 is 25.2 Å². The summed E-state index contributed by atoms with van der Waals surface area (Å²) in [7, 11) is 2.11. The Kier molecular flexibility index (Phi) is 10.0. The third-order valence-electron chi connectivity index (χ3n) is 6.52. The molecule has 1 saturated heterocycles. The molecule has 1 aromatic carbocycles. The minimum Gasteiger partial charge on any atom is -0.480 e. The van der Waals surface area contributed by atoms with Crippen LogP contribution < -0.4 is 10.1 Å². The molecule has 3 N–H and O–H groups in total. The summed E-state index contributed by atoms with van der Waals surface area (Å²) in [5, 5.41) is 20.9. The van der Waals surface area contributed by atoms with E-state index >= 15 is 0 Å². The van der Waals surface area contributed by atoms with E-state index in [0.29, 0.717) is 5.75 Å². The number of likely N-dealkylation sites (tertiary alicyclic amines) is 1. The van der Waals surface area contributed by atoms with Crippen molar-refractivity contribution >= 4 is 23.8 Å². The standard InChI is InChI=1S/C26H36N2O7/c1-5-26(11-6-7-12-28(4)16-26)19-9-8-10-20(15-19)35-22(30)14-18(24(31)32)13-21(29)27-23(17(2)3)25(33)34/h8-10,13,15,17,23H,5-7,11-12,14,16H2,1-4H3,(H,27,29)(H,31,32)(H,33,34). The molecule has 35 heavy (non-hydrogen) atoms. The second-order valence-electron chi connectivity index (χ2n) is 9.55. The van der Waals surface area contributed by atoms with Crippen LogP contribution in [-0.2, 0) is 24.6 Å². The quantitative estimate of drug-likeness (QED) is 0.260. The predicted octanol–water partition coefficient (Wildman–Crippen LogP) is 2.98. The van der Waals surface area contributed by atoms with Gasteiger partial charge in [-0.2, -0.15) is 0 Å². The third kappa shape index (κ3) is 7.92. The first kappa shape index (κ1) is 28.0. The zero-order valence-corrected chi connectivity index (χ0v) is 20.9. The van der Waals surface area contributed by atoms with Crippen LogP contribution in [0.2, 0.25) is 0 Å². The number of carbonyl (C=O) groups excluding carboxylic acids is 2. The molecule has 0 bridgehead atoms. The summed E-state index contributed by atoms with van der Waals surface area (Å²) < 4.78 is 5.43. The van der Waals surface area contributed by atoms with E-state index in [1.165, 1.54) is 0 Å². The van der Waals surface area contributed by atoms with E-state index < -0.39 is 47.8 Å². The largest absolute Gasteiger partial charge is 0.480 e. The molecule has 0 aliphatic carbocycles. The number of rotatable bonds is 10. The first-order chi connectivity index (χ1) is 16.5. The summed E-state index contributed by atoms with van der Waals surface area (Å²) in [6, 6.07) is 6.14. The van der Waals surface area contributed by atoms with E-state index in [2.05, 4.69) is 24.2 Å². The van der Waals surface area contributed by atoms with Gasteiger partial charge in [-0.3, -0.25) is 9.59 Å². The molecule has 1 fully saturated rings. The highest BCUT2D eigenvalue weighted by molar-refractivity contribution is 6.01. The van der Waals surface area contributed by atoms with Crippen LogP contribution in [0.3, 0.4) is 0 Å². The lowest BCUT2D eigenvalue weighted by atomic mass is 9.74. The van der Waals surface area contributed by atoms with E-state index in [9.17, 15) is 29.4 Å². The van der Waals surface area contributed by atoms with E-state index in [1.54, 1.807) is 19.9 Å². The lowest BCUT2D eigenvalue weighted by Crippen LogP contribution is -2.43. The van der Waals surface area contributed by atoms with Gasteiger partial charge in [0.05, 0.1) is 12.0 Å². The average Bonchev–Trinajstić information content (AvgIpc) is 2.98. The molecule has 0 aromatic heterocycles. The Hall–Kier alpha value is -3.20. The second-order valence-corrected chi connectivity index (χ2v) is 9.55. The number of nitrogens with zero attached hydrogens (tertiary/aromatic N) is 1. The number of hydrogen-bond acceptors (Lipinski definition) is 6. The molecular formula is C26H36N2O7. The molecule has 2 atom stereocenters. The van der Waals surface area contributed by atoms with Crippen molar-refractivity contribution in [2.24, 2.45) is 5.92 Å². The van der Waals surface area contributed by atoms with Gasteiger partial charge in [0.2, 0.25) is 5.91 Å². The number of benzene rings is 1. The Bertz CT molecular complexity index is 972. The highest BCUT2D eigenvalue weighted by Crippen LogP contribution is 2.37. The predicted molar refractivity (Wildman–Crippen MR) is 130 cm³/mol. The zero-order chi connectivity index (χ0) is 26.2. The average molecular weight is 489 g/mol. The molecular weight excluding hydrogens is 452 g/mol. The van der Waals surface area contributed by atoms with Gasteiger partial charge in [-0.15, -0.1) is 0 Å². The number of esters is 1. The van der Waals surface area contributed by atoms with Crippen LogP contribution in [0.25, 0.3) is 0 Å². The number of likely N-dealkylation sites (N-methyl/N-ethyl adjacent to an activating group) is 1. The van der Waals surface area contributed by atoms with Gasteiger partial charge in [-0.1, -0.05) is 39.3 Å². The van der Waals surface area contributed by atoms with Crippen LogP contribution in [0.15, 0.2) is 35.9 Å². The van der Waals surface area contributed by atoms with Crippen molar-refractivity contribution in [3.8, 4) is 5.75 Å². The molecule has 0 radical (unpaired) electrons. The summed E-state index contributed by atoms with van der Waals surface area (Å²) >= 11 is 0. The van der Waals surface area contributed by atoms with E-state index in [4.69, 9.17) is 4.74 Å². The van der Waals surface area contributed by atoms with Crippen molar-refractivity contribution in [3.05, 3.63) is 41.5 Å². The van der Waals surface area contributed by atoms with Crippen LogP contribution >= 0.6 is 0 Å². The van der Waals surface area contributed by atoms with Crippen LogP contribution in [0.1, 0.15) is 58.4 Å². The maximum atomic E-state index is 12.5. The van der Waals surface area contributed by atoms with Gasteiger partial charge in [0, 0.05) is 18.0 Å². The summed E-state index contributed by atoms with van der Waals surface area (Å²) in [4.78, 5) is 49.9. The third-order valence-corrected chi connectivity index (χ3v) is 6.52. The summed E-state index contributed by atoms with van der Waals surface area (Å²) in [5.41, 5.74) is 0.516. The summed E-state index contributed by atoms with van der Waals surface area (Å²) in [6.07, 6.45) is 4.29. The summed E-state index contributed by atoms with van der Waals surface area (Å²) in [6.45, 7) is 7.32. The number of carboxylic acid groups (broad SMARTS) is 2. The van der Waals surface area contributed by atoms with E-state index in [-0.39, 0.29) is 5.41 Å². The molecule has 0 saturated carbocycles. The Morgan fingerprint density at radius 3 is 2.51 bits per heavy atom. The van der Waals surface area contributed by atoms with Gasteiger partial charge in [-0.25, -0.2) is 9.59 Å². The minimum absolute atomic E-state index is 0.0605. The molecule has 192 valence electrons. The van der Waals surface area contributed by atoms with Gasteiger partial charge in [0.1, 0.15) is 11.8 Å². The van der Waals surface area contributed by atoms with Crippen LogP contribution in [-0.4, -0.2) is 65.1 Å². The molecule has 0 spiro atoms. The molecule has 1 amide bonds. The smallest absolute Gasteiger partial charge is 0.332 e. The number of aliphatic carboxylic acids is 2. The second kappa shape index (κ2) is 12.5. The monoisotopic (exact) mass is 488 g/mol. The highest BCUT2D eigenvalue weighted by Gasteiger charge is 2.33. The Morgan fingerprint density at radius 2 is 1.91 bits per heavy atom. The minimum atomic E-state index is -1.46. The van der Waals surface area contributed by atoms with Crippen LogP contribution in [0, 0.1) is 5.92 Å². The zero-order valence-electron chi connectivity index (χ0n) is 20.9. The van der Waals surface area contributed by atoms with Gasteiger partial charge in [-0.05, 0) is 56.5 Å². The van der Waals surface area contributed by atoms with Crippen molar-refractivity contribution in [3.63, 3.8) is 0 Å². The van der Waals surface area contributed by atoms with Gasteiger partial charge >= 0.3 is 17.9 Å². The van der Waals surface area contributed by atoms with Crippen LogP contribution in [0.5, 0.6) is 5.75 Å². The fourth-order valence-electron chi connectivity index (χ4n) is 4.52. The van der Waals surface area contributed by atoms with Gasteiger partial charge in [0.15, 0.2) is 0 Å². The number of ether oxygens (including phenoxy) is 1. The first-order valence-corrected chi connectivity index (χ1v) is 11.9. The van der Waals surface area contributed by atoms with Crippen molar-refractivity contribution in [2.75, 3.05) is 20.1 Å². The van der Waals surface area contributed by atoms with Gasteiger partial charge in [0.25, 0.3) is 0 Å². The first-order valence-electron chi connectivity index (χ1n) is 11.9. The lowest BCUT2D eigenvalue weighted by Gasteiger charge is -2.35. The number of amides is 1. The highest BCUT2D eigenvalue weighted by atomic mass is 16.5. The lowest BCUT2D eigenvalue weighted by molar-refractivity contribution is -0.142. The van der Waals surface area contributed by atoms with Crippen molar-refractivity contribution in [1.82, 2.24) is 10.2 Å².